The number of piperidine rings is 1. The van der Waals surface area contributed by atoms with Crippen LogP contribution in [0.3, 0.4) is 0 Å². The van der Waals surface area contributed by atoms with E-state index >= 15 is 0 Å². The lowest BCUT2D eigenvalue weighted by Gasteiger charge is -2.45. The van der Waals surface area contributed by atoms with E-state index < -0.39 is 24.2 Å². The monoisotopic (exact) mass is 627 g/mol. The zero-order valence-corrected chi connectivity index (χ0v) is 25.9. The standard InChI is InChI=1S/C31H45ClF3N5O3/c1-38(2)30(43)40(25-6-4-3-5-7-25)26-16-18-39(19-17-26)28(41)27(20-21-8-10-22(32)11-9-21)36-23-12-14-24(15-13-23)37-29(42)31(33,34)35/h8-11,23-27,36H,3-7,12-20H2,1-2H3,(H,37,42)/t23?,24?,27-/m1/s1. The normalized spacial score (nSPS) is 23.0. The topological polar surface area (TPSA) is 85.0 Å². The molecule has 12 heteroatoms. The van der Waals surface area contributed by atoms with E-state index in [1.165, 1.54) is 6.42 Å². The van der Waals surface area contributed by atoms with Crippen molar-refractivity contribution in [3.63, 3.8) is 0 Å². The third kappa shape index (κ3) is 9.23. The number of hydrogen-bond acceptors (Lipinski definition) is 4. The van der Waals surface area contributed by atoms with Gasteiger partial charge in [-0.1, -0.05) is 43.0 Å². The van der Waals surface area contributed by atoms with Crippen LogP contribution in [0.4, 0.5) is 18.0 Å². The van der Waals surface area contributed by atoms with Crippen molar-refractivity contribution in [1.29, 1.82) is 0 Å². The highest BCUT2D eigenvalue weighted by atomic mass is 35.5. The molecule has 4 amide bonds. The average molecular weight is 628 g/mol. The van der Waals surface area contributed by atoms with Gasteiger partial charge >= 0.3 is 18.1 Å². The van der Waals surface area contributed by atoms with Crippen LogP contribution in [0.1, 0.15) is 76.2 Å². The molecule has 3 aliphatic rings. The number of nitrogens with one attached hydrogen (secondary N) is 2. The summed E-state index contributed by atoms with van der Waals surface area (Å²) in [6, 6.07) is 6.65. The number of alkyl halides is 3. The molecule has 1 atom stereocenters. The minimum absolute atomic E-state index is 0.0101. The number of halogens is 4. The first-order chi connectivity index (χ1) is 20.4. The molecule has 0 aromatic heterocycles. The highest BCUT2D eigenvalue weighted by molar-refractivity contribution is 6.30. The maximum Gasteiger partial charge on any atom is 0.471 e. The smallest absolute Gasteiger partial charge is 0.346 e. The summed E-state index contributed by atoms with van der Waals surface area (Å²) in [6.45, 7) is 1.12. The van der Waals surface area contributed by atoms with E-state index in [9.17, 15) is 27.6 Å². The van der Waals surface area contributed by atoms with Gasteiger partial charge in [-0.2, -0.15) is 13.2 Å². The molecular weight excluding hydrogens is 583 g/mol. The second-order valence-electron chi connectivity index (χ2n) is 12.5. The maximum atomic E-state index is 14.0. The molecule has 4 rings (SSSR count). The van der Waals surface area contributed by atoms with E-state index in [-0.39, 0.29) is 30.1 Å². The fourth-order valence-electron chi connectivity index (χ4n) is 6.82. The third-order valence-electron chi connectivity index (χ3n) is 9.15. The summed E-state index contributed by atoms with van der Waals surface area (Å²) in [4.78, 5) is 44.2. The lowest BCUT2D eigenvalue weighted by Crippen LogP contribution is -2.58. The number of benzene rings is 1. The molecule has 240 valence electrons. The molecule has 0 radical (unpaired) electrons. The molecule has 43 heavy (non-hydrogen) atoms. The van der Waals surface area contributed by atoms with Crippen LogP contribution in [-0.2, 0) is 16.0 Å². The molecule has 2 saturated carbocycles. The maximum absolute atomic E-state index is 14.0. The van der Waals surface area contributed by atoms with Gasteiger partial charge in [-0.25, -0.2) is 4.79 Å². The molecule has 2 N–H and O–H groups in total. The highest BCUT2D eigenvalue weighted by Gasteiger charge is 2.41. The van der Waals surface area contributed by atoms with E-state index in [1.54, 1.807) is 31.1 Å². The minimum atomic E-state index is -4.90. The SMILES string of the molecule is CN(C)C(=O)N(C1CCCCC1)C1CCN(C(=O)[C@@H](Cc2ccc(Cl)cc2)NC2CCC(NC(=O)C(F)(F)F)CC2)CC1. The average Bonchev–Trinajstić information content (AvgIpc) is 2.99. The van der Waals surface area contributed by atoms with Gasteiger partial charge in [0.25, 0.3) is 0 Å². The summed E-state index contributed by atoms with van der Waals surface area (Å²) in [7, 11) is 3.59. The van der Waals surface area contributed by atoms with Crippen molar-refractivity contribution in [2.75, 3.05) is 27.2 Å². The van der Waals surface area contributed by atoms with Crippen molar-refractivity contribution in [2.45, 2.75) is 113 Å². The van der Waals surface area contributed by atoms with Gasteiger partial charge in [0.15, 0.2) is 0 Å². The van der Waals surface area contributed by atoms with Gasteiger partial charge in [-0.3, -0.25) is 9.59 Å². The van der Waals surface area contributed by atoms with Crippen LogP contribution < -0.4 is 10.6 Å². The Balaban J connectivity index is 1.39. The number of urea groups is 1. The van der Waals surface area contributed by atoms with Crippen molar-refractivity contribution in [1.82, 2.24) is 25.3 Å². The van der Waals surface area contributed by atoms with Crippen LogP contribution in [-0.4, -0.2) is 96.1 Å². The summed E-state index contributed by atoms with van der Waals surface area (Å²) >= 11 is 6.08. The first kappa shape index (κ1) is 33.4. The molecule has 1 aromatic rings. The number of nitrogens with zero attached hydrogens (tertiary/aromatic N) is 3. The number of amides is 4. The zero-order chi connectivity index (χ0) is 31.1. The lowest BCUT2D eigenvalue weighted by atomic mass is 9.89. The molecule has 8 nitrogen and oxygen atoms in total. The summed E-state index contributed by atoms with van der Waals surface area (Å²) in [5, 5.41) is 6.21. The fraction of sp³-hybridized carbons (Fsp3) is 0.710. The number of rotatable bonds is 8. The van der Waals surface area contributed by atoms with Crippen LogP contribution >= 0.6 is 11.6 Å². The van der Waals surface area contributed by atoms with Gasteiger partial charge in [0.05, 0.1) is 6.04 Å². The van der Waals surface area contributed by atoms with E-state index in [0.717, 1.165) is 44.1 Å². The number of carbonyl (C=O) groups excluding carboxylic acids is 3. The first-order valence-corrected chi connectivity index (χ1v) is 16.0. The fourth-order valence-corrected chi connectivity index (χ4v) is 6.94. The van der Waals surface area contributed by atoms with Gasteiger partial charge in [-0.05, 0) is 75.5 Å². The third-order valence-corrected chi connectivity index (χ3v) is 9.40. The summed E-state index contributed by atoms with van der Waals surface area (Å²) in [5.41, 5.74) is 0.955. The Morgan fingerprint density at radius 3 is 2.00 bits per heavy atom. The number of hydrogen-bond donors (Lipinski definition) is 2. The van der Waals surface area contributed by atoms with E-state index in [1.807, 2.05) is 17.0 Å². The van der Waals surface area contributed by atoms with Gasteiger partial charge in [-0.15, -0.1) is 0 Å². The first-order valence-electron chi connectivity index (χ1n) is 15.6. The van der Waals surface area contributed by atoms with Crippen molar-refractivity contribution in [2.24, 2.45) is 0 Å². The highest BCUT2D eigenvalue weighted by Crippen LogP contribution is 2.29. The van der Waals surface area contributed by atoms with Crippen LogP contribution in [0, 0.1) is 0 Å². The van der Waals surface area contributed by atoms with Gasteiger partial charge in [0.1, 0.15) is 0 Å². The Kier molecular flexibility index (Phi) is 11.6. The summed E-state index contributed by atoms with van der Waals surface area (Å²) in [5.74, 6) is -1.92. The zero-order valence-electron chi connectivity index (χ0n) is 25.2. The Bertz CT molecular complexity index is 1080. The molecule has 3 fully saturated rings. The molecule has 0 bridgehead atoms. The van der Waals surface area contributed by atoms with E-state index in [0.29, 0.717) is 50.2 Å². The molecule has 0 unspecified atom stereocenters. The second-order valence-corrected chi connectivity index (χ2v) is 12.9. The molecule has 2 aliphatic carbocycles. The Morgan fingerprint density at radius 1 is 0.884 bits per heavy atom. The number of likely N-dealkylation sites (tertiary alicyclic amines) is 1. The Hall–Kier alpha value is -2.53. The predicted molar refractivity (Wildman–Crippen MR) is 160 cm³/mol. The van der Waals surface area contributed by atoms with Gasteiger partial charge in [0.2, 0.25) is 5.91 Å². The van der Waals surface area contributed by atoms with Crippen molar-refractivity contribution < 1.29 is 27.6 Å². The summed E-state index contributed by atoms with van der Waals surface area (Å²) in [6.07, 6.45) is 4.44. The second kappa shape index (κ2) is 15.0. The quantitative estimate of drug-likeness (QED) is 0.418. The minimum Gasteiger partial charge on any atom is -0.346 e. The molecule has 0 spiro atoms. The van der Waals surface area contributed by atoms with E-state index in [2.05, 4.69) is 15.5 Å². The lowest BCUT2D eigenvalue weighted by molar-refractivity contribution is -0.174. The molecule has 1 heterocycles. The largest absolute Gasteiger partial charge is 0.471 e. The van der Waals surface area contributed by atoms with E-state index in [4.69, 9.17) is 11.6 Å². The van der Waals surface area contributed by atoms with Crippen LogP contribution in [0.5, 0.6) is 0 Å². The molecular formula is C31H45ClF3N5O3. The predicted octanol–water partition coefficient (Wildman–Crippen LogP) is 5.14. The van der Waals surface area contributed by atoms with Crippen molar-refractivity contribution in [3.8, 4) is 0 Å². The molecule has 1 aliphatic heterocycles. The van der Waals surface area contributed by atoms with Gasteiger partial charge < -0.3 is 25.3 Å². The van der Waals surface area contributed by atoms with Crippen molar-refractivity contribution >= 4 is 29.4 Å². The molecule has 1 aromatic carbocycles. The van der Waals surface area contributed by atoms with Crippen LogP contribution in [0.15, 0.2) is 24.3 Å². The van der Waals surface area contributed by atoms with Gasteiger partial charge in [0, 0.05) is 56.4 Å². The molecule has 1 saturated heterocycles. The van der Waals surface area contributed by atoms with Crippen LogP contribution in [0.25, 0.3) is 0 Å². The van der Waals surface area contributed by atoms with Crippen molar-refractivity contribution in [3.05, 3.63) is 34.9 Å². The number of carbonyl (C=O) groups is 3. The summed E-state index contributed by atoms with van der Waals surface area (Å²) < 4.78 is 38.1. The van der Waals surface area contributed by atoms with Crippen LogP contribution in [0.2, 0.25) is 5.02 Å². The Labute approximate surface area is 257 Å². The Morgan fingerprint density at radius 2 is 1.44 bits per heavy atom.